The summed E-state index contributed by atoms with van der Waals surface area (Å²) in [7, 11) is 0. The maximum atomic E-state index is 5.46. The zero-order valence-electron chi connectivity index (χ0n) is 11.1. The normalized spacial score (nSPS) is 14.9. The Bertz CT molecular complexity index is 311. The van der Waals surface area contributed by atoms with Crippen LogP contribution in [0.4, 0.5) is 5.82 Å². The van der Waals surface area contributed by atoms with Gasteiger partial charge in [-0.2, -0.15) is 0 Å². The summed E-state index contributed by atoms with van der Waals surface area (Å²) in [5.41, 5.74) is 0. The quantitative estimate of drug-likeness (QED) is 0.871. The van der Waals surface area contributed by atoms with Crippen molar-refractivity contribution in [3.8, 4) is 5.75 Å². The molecule has 1 fully saturated rings. The first-order valence-corrected chi connectivity index (χ1v) is 6.44. The van der Waals surface area contributed by atoms with Crippen LogP contribution < -0.4 is 15.0 Å². The van der Waals surface area contributed by atoms with Gasteiger partial charge in [0.1, 0.15) is 11.6 Å². The number of piperazine rings is 1. The molecule has 4 nitrogen and oxygen atoms in total. The van der Waals surface area contributed by atoms with Gasteiger partial charge in [-0.1, -0.05) is 13.8 Å². The predicted octanol–water partition coefficient (Wildman–Crippen LogP) is 1.92. The maximum absolute atomic E-state index is 5.46. The van der Waals surface area contributed by atoms with E-state index in [0.29, 0.717) is 6.61 Å². The smallest absolute Gasteiger partial charge is 0.132 e. The lowest BCUT2D eigenvalue weighted by Gasteiger charge is -2.28. The number of hydrogen-bond donors (Lipinski definition) is 1. The van der Waals surface area contributed by atoms with E-state index in [1.807, 2.05) is 39.1 Å². The molecule has 96 valence electrons. The van der Waals surface area contributed by atoms with Gasteiger partial charge >= 0.3 is 0 Å². The molecule has 0 atom stereocenters. The highest BCUT2D eigenvalue weighted by Gasteiger charge is 2.11. The van der Waals surface area contributed by atoms with Crippen molar-refractivity contribution in [3.05, 3.63) is 18.3 Å². The Kier molecular flexibility index (Phi) is 6.40. The van der Waals surface area contributed by atoms with E-state index in [0.717, 1.165) is 37.7 Å². The van der Waals surface area contributed by atoms with Crippen LogP contribution in [0.5, 0.6) is 5.75 Å². The lowest BCUT2D eigenvalue weighted by atomic mass is 10.3. The highest BCUT2D eigenvalue weighted by atomic mass is 16.5. The van der Waals surface area contributed by atoms with Crippen molar-refractivity contribution in [2.75, 3.05) is 37.7 Å². The van der Waals surface area contributed by atoms with E-state index >= 15 is 0 Å². The van der Waals surface area contributed by atoms with Gasteiger partial charge in [-0.15, -0.1) is 0 Å². The minimum atomic E-state index is 0.699. The van der Waals surface area contributed by atoms with Crippen molar-refractivity contribution in [3.63, 3.8) is 0 Å². The van der Waals surface area contributed by atoms with E-state index in [9.17, 15) is 0 Å². The number of rotatable bonds is 3. The van der Waals surface area contributed by atoms with Crippen molar-refractivity contribution >= 4 is 5.82 Å². The number of hydrogen-bond acceptors (Lipinski definition) is 4. The van der Waals surface area contributed by atoms with Gasteiger partial charge in [-0.05, 0) is 13.0 Å². The molecule has 0 spiro atoms. The second kappa shape index (κ2) is 7.90. The molecule has 0 bridgehead atoms. The fourth-order valence-electron chi connectivity index (χ4n) is 1.72. The van der Waals surface area contributed by atoms with E-state index in [-0.39, 0.29) is 0 Å². The van der Waals surface area contributed by atoms with Crippen LogP contribution in [0.3, 0.4) is 0 Å². The van der Waals surface area contributed by atoms with Crippen molar-refractivity contribution in [2.45, 2.75) is 20.8 Å². The van der Waals surface area contributed by atoms with Crippen LogP contribution in [-0.2, 0) is 0 Å². The summed E-state index contributed by atoms with van der Waals surface area (Å²) in [5.74, 6) is 1.92. The van der Waals surface area contributed by atoms with Gasteiger partial charge < -0.3 is 15.0 Å². The van der Waals surface area contributed by atoms with Crippen LogP contribution in [0.15, 0.2) is 18.3 Å². The molecular formula is C13H23N3O. The number of anilines is 1. The SMILES string of the molecule is CC.CCOc1ccnc(N2CCNCC2)c1. The molecule has 0 aromatic carbocycles. The Morgan fingerprint density at radius 2 is 2.06 bits per heavy atom. The minimum Gasteiger partial charge on any atom is -0.494 e. The molecule has 0 saturated carbocycles. The predicted molar refractivity (Wildman–Crippen MR) is 71.8 cm³/mol. The molecule has 1 N–H and O–H groups in total. The summed E-state index contributed by atoms with van der Waals surface area (Å²) < 4.78 is 5.46. The maximum Gasteiger partial charge on any atom is 0.132 e. The van der Waals surface area contributed by atoms with Gasteiger partial charge in [-0.3, -0.25) is 0 Å². The third kappa shape index (κ3) is 4.23. The summed E-state index contributed by atoms with van der Waals surface area (Å²) in [6.45, 7) is 10.8. The van der Waals surface area contributed by atoms with Gasteiger partial charge in [0.25, 0.3) is 0 Å². The van der Waals surface area contributed by atoms with E-state index in [4.69, 9.17) is 4.74 Å². The van der Waals surface area contributed by atoms with Gasteiger partial charge in [-0.25, -0.2) is 4.98 Å². The number of pyridine rings is 1. The first-order chi connectivity index (χ1) is 8.40. The molecule has 1 aromatic heterocycles. The average molecular weight is 237 g/mol. The van der Waals surface area contributed by atoms with Crippen molar-refractivity contribution in [2.24, 2.45) is 0 Å². The molecule has 1 aromatic rings. The molecule has 4 heteroatoms. The molecule has 17 heavy (non-hydrogen) atoms. The molecule has 0 amide bonds. The molecular weight excluding hydrogens is 214 g/mol. The molecule has 2 heterocycles. The average Bonchev–Trinajstić information content (AvgIpc) is 2.43. The van der Waals surface area contributed by atoms with Crippen molar-refractivity contribution < 1.29 is 4.74 Å². The largest absolute Gasteiger partial charge is 0.494 e. The Balaban J connectivity index is 0.000000686. The third-order valence-corrected chi connectivity index (χ3v) is 2.47. The van der Waals surface area contributed by atoms with E-state index < -0.39 is 0 Å². The Labute approximate surface area is 104 Å². The van der Waals surface area contributed by atoms with E-state index in [1.54, 1.807) is 0 Å². The van der Waals surface area contributed by atoms with E-state index in [1.165, 1.54) is 0 Å². The third-order valence-electron chi connectivity index (χ3n) is 2.47. The summed E-state index contributed by atoms with van der Waals surface area (Å²) in [6, 6.07) is 3.91. The fraction of sp³-hybridized carbons (Fsp3) is 0.615. The van der Waals surface area contributed by atoms with Gasteiger partial charge in [0, 0.05) is 38.4 Å². The highest BCUT2D eigenvalue weighted by molar-refractivity contribution is 5.43. The summed E-state index contributed by atoms with van der Waals surface area (Å²) >= 11 is 0. The lowest BCUT2D eigenvalue weighted by molar-refractivity contribution is 0.340. The number of aromatic nitrogens is 1. The first-order valence-electron chi connectivity index (χ1n) is 6.44. The lowest BCUT2D eigenvalue weighted by Crippen LogP contribution is -2.43. The Morgan fingerprint density at radius 3 is 2.71 bits per heavy atom. The number of nitrogens with one attached hydrogen (secondary N) is 1. The molecule has 1 aliphatic rings. The van der Waals surface area contributed by atoms with Crippen LogP contribution in [0.2, 0.25) is 0 Å². The van der Waals surface area contributed by atoms with Crippen molar-refractivity contribution in [1.29, 1.82) is 0 Å². The number of ether oxygens (including phenoxy) is 1. The van der Waals surface area contributed by atoms with Crippen LogP contribution >= 0.6 is 0 Å². The molecule has 1 aliphatic heterocycles. The van der Waals surface area contributed by atoms with Gasteiger partial charge in [0.15, 0.2) is 0 Å². The molecule has 0 radical (unpaired) electrons. The monoisotopic (exact) mass is 237 g/mol. The molecule has 2 rings (SSSR count). The Hall–Kier alpha value is -1.29. The topological polar surface area (TPSA) is 37.4 Å². The van der Waals surface area contributed by atoms with E-state index in [2.05, 4.69) is 15.2 Å². The summed E-state index contributed by atoms with van der Waals surface area (Å²) in [5, 5.41) is 3.32. The minimum absolute atomic E-state index is 0.699. The molecule has 1 saturated heterocycles. The fourth-order valence-corrected chi connectivity index (χ4v) is 1.72. The van der Waals surface area contributed by atoms with Gasteiger partial charge in [0.2, 0.25) is 0 Å². The summed E-state index contributed by atoms with van der Waals surface area (Å²) in [4.78, 5) is 6.64. The van der Waals surface area contributed by atoms with Crippen LogP contribution in [0.1, 0.15) is 20.8 Å². The standard InChI is InChI=1S/C11H17N3O.C2H6/c1-2-15-10-3-4-13-11(9-10)14-7-5-12-6-8-14;1-2/h3-4,9,12H,2,5-8H2,1H3;1-2H3. The summed E-state index contributed by atoms with van der Waals surface area (Å²) in [6.07, 6.45) is 1.81. The van der Waals surface area contributed by atoms with Crippen LogP contribution in [0, 0.1) is 0 Å². The highest BCUT2D eigenvalue weighted by Crippen LogP contribution is 2.18. The zero-order valence-corrected chi connectivity index (χ0v) is 11.1. The number of nitrogens with zero attached hydrogens (tertiary/aromatic N) is 2. The second-order valence-electron chi connectivity index (χ2n) is 3.52. The molecule has 0 aliphatic carbocycles. The van der Waals surface area contributed by atoms with Crippen LogP contribution in [0.25, 0.3) is 0 Å². The second-order valence-corrected chi connectivity index (χ2v) is 3.52. The van der Waals surface area contributed by atoms with Crippen LogP contribution in [-0.4, -0.2) is 37.8 Å². The zero-order chi connectivity index (χ0) is 12.5. The van der Waals surface area contributed by atoms with Gasteiger partial charge in [0.05, 0.1) is 6.61 Å². The van der Waals surface area contributed by atoms with Crippen molar-refractivity contribution in [1.82, 2.24) is 10.3 Å². The molecule has 0 unspecified atom stereocenters. The first kappa shape index (κ1) is 13.8. The Morgan fingerprint density at radius 1 is 1.35 bits per heavy atom.